The highest BCUT2D eigenvalue weighted by molar-refractivity contribution is 7.91. The van der Waals surface area contributed by atoms with Crippen LogP contribution in [0.25, 0.3) is 10.8 Å². The first-order valence-electron chi connectivity index (χ1n) is 9.25. The fraction of sp³-hybridized carbons (Fsp3) is 0.0870. The molecule has 6 heteroatoms. The van der Waals surface area contributed by atoms with Gasteiger partial charge in [-0.05, 0) is 28.5 Å². The smallest absolute Gasteiger partial charge is 0.225 e. The predicted octanol–water partition coefficient (Wildman–Crippen LogP) is 5.21. The van der Waals surface area contributed by atoms with Gasteiger partial charge in [0, 0.05) is 22.6 Å². The second kappa shape index (κ2) is 6.83. The topological polar surface area (TPSA) is 63.2 Å². The first kappa shape index (κ1) is 18.1. The predicted molar refractivity (Wildman–Crippen MR) is 115 cm³/mol. The Hall–Kier alpha value is -2.96. The summed E-state index contributed by atoms with van der Waals surface area (Å²) in [5, 5.41) is 6.66. The molecular weight excluding hydrogens is 402 g/mol. The van der Waals surface area contributed by atoms with E-state index in [4.69, 9.17) is 0 Å². The van der Waals surface area contributed by atoms with Crippen molar-refractivity contribution in [3.05, 3.63) is 88.6 Å². The molecule has 2 heterocycles. The van der Waals surface area contributed by atoms with Gasteiger partial charge in [0.05, 0.1) is 10.6 Å². The Labute approximate surface area is 172 Å². The summed E-state index contributed by atoms with van der Waals surface area (Å²) in [6, 6.07) is 22.4. The fourth-order valence-electron chi connectivity index (χ4n) is 3.93. The number of benzene rings is 3. The molecule has 29 heavy (non-hydrogen) atoms. The molecule has 144 valence electrons. The lowest BCUT2D eigenvalue weighted by molar-refractivity contribution is -0.116. The summed E-state index contributed by atoms with van der Waals surface area (Å²) in [6.45, 7) is 0. The molecule has 1 amide bonds. The van der Waals surface area contributed by atoms with E-state index in [0.717, 1.165) is 21.2 Å². The molecule has 1 atom stereocenters. The largest absolute Gasteiger partial charge is 0.324 e. The van der Waals surface area contributed by atoms with Gasteiger partial charge >= 0.3 is 0 Å². The Bertz CT molecular complexity index is 1340. The molecule has 0 unspecified atom stereocenters. The average molecular weight is 420 g/mol. The molecule has 0 aliphatic carbocycles. The Morgan fingerprint density at radius 3 is 2.45 bits per heavy atom. The zero-order valence-electron chi connectivity index (χ0n) is 15.3. The summed E-state index contributed by atoms with van der Waals surface area (Å²) in [4.78, 5) is 13.8. The van der Waals surface area contributed by atoms with Crippen molar-refractivity contribution in [2.45, 2.75) is 22.1 Å². The molecule has 3 aromatic carbocycles. The number of thiophene rings is 1. The molecule has 1 aliphatic rings. The third-order valence-electron chi connectivity index (χ3n) is 5.30. The van der Waals surface area contributed by atoms with Crippen LogP contribution in [-0.4, -0.2) is 14.3 Å². The van der Waals surface area contributed by atoms with Gasteiger partial charge in [-0.25, -0.2) is 8.42 Å². The van der Waals surface area contributed by atoms with Crippen LogP contribution >= 0.6 is 11.3 Å². The number of carbonyl (C=O) groups is 1. The first-order valence-corrected chi connectivity index (χ1v) is 11.6. The lowest BCUT2D eigenvalue weighted by atomic mass is 9.87. The number of anilines is 1. The van der Waals surface area contributed by atoms with Crippen molar-refractivity contribution in [3.8, 4) is 0 Å². The third kappa shape index (κ3) is 2.96. The number of rotatable bonds is 3. The Morgan fingerprint density at radius 2 is 1.62 bits per heavy atom. The quantitative estimate of drug-likeness (QED) is 0.496. The summed E-state index contributed by atoms with van der Waals surface area (Å²) in [5.41, 5.74) is 1.47. The molecule has 1 aliphatic heterocycles. The number of fused-ring (bicyclic) bond motifs is 2. The van der Waals surface area contributed by atoms with Gasteiger partial charge in [0.25, 0.3) is 0 Å². The number of nitrogens with one attached hydrogen (secondary N) is 1. The van der Waals surface area contributed by atoms with Crippen molar-refractivity contribution in [2.75, 3.05) is 5.32 Å². The van der Waals surface area contributed by atoms with E-state index in [2.05, 4.69) is 5.32 Å². The van der Waals surface area contributed by atoms with Crippen LogP contribution in [0.2, 0.25) is 0 Å². The van der Waals surface area contributed by atoms with Gasteiger partial charge in [-0.3, -0.25) is 4.79 Å². The first-order chi connectivity index (χ1) is 14.1. The van der Waals surface area contributed by atoms with Crippen LogP contribution in [0.3, 0.4) is 0 Å². The second-order valence-corrected chi connectivity index (χ2v) is 9.86. The molecule has 1 N–H and O–H groups in total. The molecule has 4 nitrogen and oxygen atoms in total. The lowest BCUT2D eigenvalue weighted by Crippen LogP contribution is -2.23. The summed E-state index contributed by atoms with van der Waals surface area (Å²) >= 11 is 1.39. The minimum Gasteiger partial charge on any atom is -0.324 e. The van der Waals surface area contributed by atoms with Crippen molar-refractivity contribution in [2.24, 2.45) is 0 Å². The van der Waals surface area contributed by atoms with Gasteiger partial charge in [0.2, 0.25) is 15.7 Å². The van der Waals surface area contributed by atoms with Crippen LogP contribution in [0.1, 0.15) is 22.8 Å². The monoisotopic (exact) mass is 419 g/mol. The highest BCUT2D eigenvalue weighted by Gasteiger charge is 2.34. The fourth-order valence-corrected chi connectivity index (χ4v) is 6.85. The molecule has 0 radical (unpaired) electrons. The molecule has 5 rings (SSSR count). The van der Waals surface area contributed by atoms with Gasteiger partial charge in [-0.15, -0.1) is 11.3 Å². The van der Waals surface area contributed by atoms with E-state index < -0.39 is 9.84 Å². The van der Waals surface area contributed by atoms with Crippen LogP contribution in [0.5, 0.6) is 0 Å². The molecule has 0 bridgehead atoms. The van der Waals surface area contributed by atoms with Crippen LogP contribution in [-0.2, 0) is 14.6 Å². The lowest BCUT2D eigenvalue weighted by Gasteiger charge is -2.25. The Morgan fingerprint density at radius 1 is 0.897 bits per heavy atom. The van der Waals surface area contributed by atoms with E-state index in [-0.39, 0.29) is 21.6 Å². The maximum absolute atomic E-state index is 13.2. The van der Waals surface area contributed by atoms with Crippen molar-refractivity contribution >= 4 is 43.5 Å². The van der Waals surface area contributed by atoms with Crippen LogP contribution < -0.4 is 5.32 Å². The van der Waals surface area contributed by atoms with Gasteiger partial charge in [0.1, 0.15) is 4.90 Å². The van der Waals surface area contributed by atoms with Gasteiger partial charge in [-0.2, -0.15) is 0 Å². The summed E-state index contributed by atoms with van der Waals surface area (Å²) in [6.07, 6.45) is 0.298. The summed E-state index contributed by atoms with van der Waals surface area (Å²) < 4.78 is 26.4. The van der Waals surface area contributed by atoms with E-state index in [1.54, 1.807) is 35.7 Å². The summed E-state index contributed by atoms with van der Waals surface area (Å²) in [5.74, 6) is -0.340. The van der Waals surface area contributed by atoms with Crippen molar-refractivity contribution in [1.29, 1.82) is 0 Å². The Balaban J connectivity index is 1.69. The third-order valence-corrected chi connectivity index (χ3v) is 8.34. The Kier molecular flexibility index (Phi) is 4.26. The van der Waals surface area contributed by atoms with E-state index in [0.29, 0.717) is 12.1 Å². The molecule has 0 saturated carbocycles. The zero-order valence-corrected chi connectivity index (χ0v) is 17.0. The van der Waals surface area contributed by atoms with E-state index >= 15 is 0 Å². The van der Waals surface area contributed by atoms with E-state index in [1.165, 1.54) is 11.3 Å². The molecule has 0 saturated heterocycles. The molecular formula is C23H17NO3S2. The van der Waals surface area contributed by atoms with E-state index in [1.807, 2.05) is 42.5 Å². The van der Waals surface area contributed by atoms with Crippen LogP contribution in [0.15, 0.2) is 88.0 Å². The SMILES string of the molecule is O=C1C[C@@H](c2cccc3ccccc23)c2scc(S(=O)(=O)c3ccccc3)c2N1. The maximum atomic E-state index is 13.2. The molecule has 0 fully saturated rings. The van der Waals surface area contributed by atoms with Crippen LogP contribution in [0.4, 0.5) is 5.69 Å². The highest BCUT2D eigenvalue weighted by Crippen LogP contribution is 2.47. The maximum Gasteiger partial charge on any atom is 0.225 e. The number of hydrogen-bond acceptors (Lipinski definition) is 4. The van der Waals surface area contributed by atoms with Crippen molar-refractivity contribution < 1.29 is 13.2 Å². The van der Waals surface area contributed by atoms with Gasteiger partial charge in [0.15, 0.2) is 0 Å². The van der Waals surface area contributed by atoms with Crippen molar-refractivity contribution in [1.82, 2.24) is 0 Å². The average Bonchev–Trinajstić information content (AvgIpc) is 3.18. The standard InChI is InChI=1S/C23H17NO3S2/c25-21-13-19(18-12-6-8-15-7-4-5-11-17(15)18)23-22(24-21)20(14-28-23)29(26,27)16-9-2-1-3-10-16/h1-12,14,19H,13H2,(H,24,25)/t19-/m0/s1. The van der Waals surface area contributed by atoms with Crippen LogP contribution in [0, 0.1) is 0 Å². The second-order valence-electron chi connectivity index (χ2n) is 7.03. The van der Waals surface area contributed by atoms with Gasteiger partial charge < -0.3 is 5.32 Å². The highest BCUT2D eigenvalue weighted by atomic mass is 32.2. The van der Waals surface area contributed by atoms with Crippen molar-refractivity contribution in [3.63, 3.8) is 0 Å². The molecule has 4 aromatic rings. The number of carbonyl (C=O) groups excluding carboxylic acids is 1. The number of hydrogen-bond donors (Lipinski definition) is 1. The minimum atomic E-state index is -3.71. The molecule has 1 aromatic heterocycles. The van der Waals surface area contributed by atoms with E-state index in [9.17, 15) is 13.2 Å². The number of sulfone groups is 1. The van der Waals surface area contributed by atoms with Gasteiger partial charge in [-0.1, -0.05) is 60.7 Å². The molecule has 0 spiro atoms. The zero-order chi connectivity index (χ0) is 20.0. The number of amides is 1. The summed E-state index contributed by atoms with van der Waals surface area (Å²) in [7, 11) is -3.71. The normalized spacial score (nSPS) is 16.4. The minimum absolute atomic E-state index is 0.168.